The van der Waals surface area contributed by atoms with Crippen LogP contribution in [-0.2, 0) is 21.5 Å². The molecule has 0 saturated carbocycles. The molecule has 4 amide bonds. The highest BCUT2D eigenvalue weighted by molar-refractivity contribution is 6.11. The molecule has 0 aliphatic carbocycles. The Labute approximate surface area is 175 Å². The minimum absolute atomic E-state index is 0.0202. The molecule has 1 fully saturated rings. The summed E-state index contributed by atoms with van der Waals surface area (Å²) in [4.78, 5) is 41.9. The lowest BCUT2D eigenvalue weighted by molar-refractivity contribution is -0.134. The molecule has 0 radical (unpaired) electrons. The summed E-state index contributed by atoms with van der Waals surface area (Å²) in [7, 11) is 1.57. The van der Waals surface area contributed by atoms with Crippen molar-refractivity contribution in [1.82, 2.24) is 10.2 Å². The number of ether oxygens (including phenoxy) is 1. The molecule has 2 heterocycles. The Balaban J connectivity index is 1.59. The Hall–Kier alpha value is -3.35. The normalized spacial score (nSPS) is 22.8. The van der Waals surface area contributed by atoms with E-state index >= 15 is 0 Å². The van der Waals surface area contributed by atoms with Crippen LogP contribution in [0.3, 0.4) is 0 Å². The number of amides is 4. The zero-order valence-corrected chi connectivity index (χ0v) is 17.3. The van der Waals surface area contributed by atoms with Crippen molar-refractivity contribution < 1.29 is 19.1 Å². The molecule has 2 aliphatic heterocycles. The third-order valence-corrected chi connectivity index (χ3v) is 6.06. The van der Waals surface area contributed by atoms with Crippen molar-refractivity contribution in [2.24, 2.45) is 0 Å². The Morgan fingerprint density at radius 2 is 1.87 bits per heavy atom. The quantitative estimate of drug-likeness (QED) is 0.773. The minimum Gasteiger partial charge on any atom is -0.497 e. The standard InChI is InChI=1S/C23H25N3O4/c1-4-23(17-9-11-18(30-3)12-10-17)21(28)25(22(29)24-23)14-20(27)26-15(2)13-16-7-5-6-8-19(16)26/h5-12,15H,4,13-14H2,1-3H3,(H,24,29)/t15-,23+/m0/s1. The fraction of sp³-hybridized carbons (Fsp3) is 0.348. The lowest BCUT2D eigenvalue weighted by atomic mass is 9.87. The van der Waals surface area contributed by atoms with Gasteiger partial charge in [0.15, 0.2) is 0 Å². The van der Waals surface area contributed by atoms with Gasteiger partial charge in [-0.05, 0) is 49.1 Å². The molecule has 4 rings (SSSR count). The molecular weight excluding hydrogens is 382 g/mol. The zero-order valence-electron chi connectivity index (χ0n) is 17.3. The molecule has 2 aromatic rings. The highest BCUT2D eigenvalue weighted by Gasteiger charge is 2.52. The van der Waals surface area contributed by atoms with E-state index in [4.69, 9.17) is 4.74 Å². The van der Waals surface area contributed by atoms with Crippen LogP contribution in [0.15, 0.2) is 48.5 Å². The first-order valence-electron chi connectivity index (χ1n) is 10.1. The van der Waals surface area contributed by atoms with Gasteiger partial charge in [0.2, 0.25) is 5.91 Å². The third kappa shape index (κ3) is 3.01. The van der Waals surface area contributed by atoms with E-state index in [1.807, 2.05) is 38.1 Å². The average molecular weight is 407 g/mol. The number of carbonyl (C=O) groups is 3. The monoisotopic (exact) mass is 407 g/mol. The first-order valence-corrected chi connectivity index (χ1v) is 10.1. The maximum Gasteiger partial charge on any atom is 0.325 e. The lowest BCUT2D eigenvalue weighted by Crippen LogP contribution is -2.46. The van der Waals surface area contributed by atoms with Gasteiger partial charge in [-0.3, -0.25) is 14.5 Å². The lowest BCUT2D eigenvalue weighted by Gasteiger charge is -2.27. The highest BCUT2D eigenvalue weighted by Crippen LogP contribution is 2.35. The summed E-state index contributed by atoms with van der Waals surface area (Å²) < 4.78 is 5.18. The second-order valence-corrected chi connectivity index (χ2v) is 7.75. The second-order valence-electron chi connectivity index (χ2n) is 7.75. The van der Waals surface area contributed by atoms with Crippen molar-refractivity contribution in [3.63, 3.8) is 0 Å². The predicted octanol–water partition coefficient (Wildman–Crippen LogP) is 2.83. The number of rotatable bonds is 5. The van der Waals surface area contributed by atoms with Crippen LogP contribution in [0.2, 0.25) is 0 Å². The zero-order chi connectivity index (χ0) is 21.5. The van der Waals surface area contributed by atoms with E-state index in [-0.39, 0.29) is 18.5 Å². The van der Waals surface area contributed by atoms with Crippen molar-refractivity contribution in [1.29, 1.82) is 0 Å². The number of anilines is 1. The number of nitrogens with zero attached hydrogens (tertiary/aromatic N) is 2. The van der Waals surface area contributed by atoms with E-state index in [1.54, 1.807) is 36.3 Å². The molecule has 0 bridgehead atoms. The fourth-order valence-electron chi connectivity index (χ4n) is 4.44. The van der Waals surface area contributed by atoms with Crippen LogP contribution in [0.4, 0.5) is 10.5 Å². The number of urea groups is 1. The molecule has 0 unspecified atom stereocenters. The summed E-state index contributed by atoms with van der Waals surface area (Å²) in [5.41, 5.74) is 1.42. The van der Waals surface area contributed by atoms with Crippen LogP contribution in [0.1, 0.15) is 31.4 Å². The second kappa shape index (κ2) is 7.48. The molecule has 2 aliphatic rings. The molecule has 1 saturated heterocycles. The van der Waals surface area contributed by atoms with Crippen LogP contribution in [0, 0.1) is 0 Å². The van der Waals surface area contributed by atoms with Crippen molar-refractivity contribution in [2.75, 3.05) is 18.6 Å². The van der Waals surface area contributed by atoms with Crippen LogP contribution < -0.4 is 15.0 Å². The van der Waals surface area contributed by atoms with Crippen molar-refractivity contribution >= 4 is 23.5 Å². The summed E-state index contributed by atoms with van der Waals surface area (Å²) >= 11 is 0. The Morgan fingerprint density at radius 3 is 2.53 bits per heavy atom. The van der Waals surface area contributed by atoms with E-state index in [9.17, 15) is 14.4 Å². The molecule has 7 heteroatoms. The third-order valence-electron chi connectivity index (χ3n) is 6.06. The van der Waals surface area contributed by atoms with E-state index in [0.29, 0.717) is 17.7 Å². The number of fused-ring (bicyclic) bond motifs is 1. The summed E-state index contributed by atoms with van der Waals surface area (Å²) in [6.45, 7) is 3.52. The summed E-state index contributed by atoms with van der Waals surface area (Å²) in [6.07, 6.45) is 1.13. The van der Waals surface area contributed by atoms with Gasteiger partial charge in [-0.2, -0.15) is 0 Å². The van der Waals surface area contributed by atoms with Crippen molar-refractivity contribution in [2.45, 2.75) is 38.3 Å². The van der Waals surface area contributed by atoms with Gasteiger partial charge < -0.3 is 15.0 Å². The van der Waals surface area contributed by atoms with Crippen LogP contribution >= 0.6 is 0 Å². The minimum atomic E-state index is -1.18. The predicted molar refractivity (Wildman–Crippen MR) is 112 cm³/mol. The molecule has 0 spiro atoms. The van der Waals surface area contributed by atoms with Gasteiger partial charge in [-0.15, -0.1) is 0 Å². The van der Waals surface area contributed by atoms with E-state index < -0.39 is 17.5 Å². The molecule has 30 heavy (non-hydrogen) atoms. The summed E-state index contributed by atoms with van der Waals surface area (Å²) in [6, 6.07) is 14.2. The van der Waals surface area contributed by atoms with Crippen LogP contribution in [-0.4, -0.2) is 42.4 Å². The first kappa shape index (κ1) is 19.9. The van der Waals surface area contributed by atoms with Crippen LogP contribution in [0.25, 0.3) is 0 Å². The SMILES string of the molecule is CC[C@]1(c2ccc(OC)cc2)NC(=O)N(CC(=O)N2c3ccccc3C[C@@H]2C)C1=O. The van der Waals surface area contributed by atoms with Crippen LogP contribution in [0.5, 0.6) is 5.75 Å². The van der Waals surface area contributed by atoms with E-state index in [0.717, 1.165) is 22.6 Å². The van der Waals surface area contributed by atoms with E-state index in [1.165, 1.54) is 0 Å². The number of para-hydroxylation sites is 1. The Kier molecular flexibility index (Phi) is 4.97. The molecule has 2 atom stereocenters. The number of hydrogen-bond acceptors (Lipinski definition) is 4. The van der Waals surface area contributed by atoms with E-state index in [2.05, 4.69) is 5.32 Å². The first-order chi connectivity index (χ1) is 14.4. The summed E-state index contributed by atoms with van der Waals surface area (Å²) in [5.74, 6) is -0.0123. The number of hydrogen-bond donors (Lipinski definition) is 1. The van der Waals surface area contributed by atoms with Gasteiger partial charge in [0.05, 0.1) is 7.11 Å². The molecule has 2 aromatic carbocycles. The maximum atomic E-state index is 13.3. The number of benzene rings is 2. The highest BCUT2D eigenvalue weighted by atomic mass is 16.5. The largest absolute Gasteiger partial charge is 0.497 e. The van der Waals surface area contributed by atoms with Gasteiger partial charge >= 0.3 is 6.03 Å². The topological polar surface area (TPSA) is 79.0 Å². The molecule has 156 valence electrons. The molecule has 7 nitrogen and oxygen atoms in total. The number of methoxy groups -OCH3 is 1. The van der Waals surface area contributed by atoms with Gasteiger partial charge in [-0.25, -0.2) is 4.79 Å². The maximum absolute atomic E-state index is 13.3. The molecular formula is C23H25N3O4. The van der Waals surface area contributed by atoms with Crippen molar-refractivity contribution in [3.8, 4) is 5.75 Å². The fourth-order valence-corrected chi connectivity index (χ4v) is 4.44. The van der Waals surface area contributed by atoms with Crippen molar-refractivity contribution in [3.05, 3.63) is 59.7 Å². The molecule has 0 aromatic heterocycles. The smallest absolute Gasteiger partial charge is 0.325 e. The van der Waals surface area contributed by atoms with Gasteiger partial charge in [-0.1, -0.05) is 37.3 Å². The Morgan fingerprint density at radius 1 is 1.17 bits per heavy atom. The van der Waals surface area contributed by atoms with Gasteiger partial charge in [0.1, 0.15) is 17.8 Å². The number of nitrogens with one attached hydrogen (secondary N) is 1. The van der Waals surface area contributed by atoms with Gasteiger partial charge in [0, 0.05) is 11.7 Å². The average Bonchev–Trinajstić information content (AvgIpc) is 3.22. The Bertz CT molecular complexity index is 1000. The summed E-state index contributed by atoms with van der Waals surface area (Å²) in [5, 5.41) is 2.82. The number of carbonyl (C=O) groups excluding carboxylic acids is 3. The van der Waals surface area contributed by atoms with Gasteiger partial charge in [0.25, 0.3) is 5.91 Å². The molecule has 1 N–H and O–H groups in total. The number of imide groups is 1.